The highest BCUT2D eigenvalue weighted by atomic mass is 32.2. The number of fused-ring (bicyclic) bond motifs is 1. The zero-order valence-corrected chi connectivity index (χ0v) is 22.9. The van der Waals surface area contributed by atoms with Crippen molar-refractivity contribution in [2.45, 2.75) is 49.0 Å². The average Bonchev–Trinajstić information content (AvgIpc) is 3.30. The van der Waals surface area contributed by atoms with Crippen LogP contribution in [0, 0.1) is 0 Å². The van der Waals surface area contributed by atoms with E-state index in [4.69, 9.17) is 9.72 Å². The lowest BCUT2D eigenvalue weighted by atomic mass is 10.2. The monoisotopic (exact) mass is 547 g/mol. The molecule has 1 aliphatic rings. The van der Waals surface area contributed by atoms with Crippen molar-refractivity contribution < 1.29 is 17.9 Å². The zero-order valence-electron chi connectivity index (χ0n) is 21.3. The van der Waals surface area contributed by atoms with Crippen molar-refractivity contribution in [2.24, 2.45) is 0 Å². The predicted octanol–water partition coefficient (Wildman–Crippen LogP) is 2.60. The van der Waals surface area contributed by atoms with E-state index in [1.807, 2.05) is 0 Å². The van der Waals surface area contributed by atoms with Crippen LogP contribution in [0.3, 0.4) is 0 Å². The number of carbonyl (C=O) groups excluding carboxylic acids is 1. The summed E-state index contributed by atoms with van der Waals surface area (Å²) in [6.45, 7) is 9.24. The van der Waals surface area contributed by atoms with Crippen LogP contribution in [-0.4, -0.2) is 83.0 Å². The first kappa shape index (κ1) is 27.3. The third kappa shape index (κ3) is 6.58. The molecular weight excluding hydrogens is 514 g/mol. The van der Waals surface area contributed by atoms with E-state index in [0.717, 1.165) is 24.2 Å². The lowest BCUT2D eigenvalue weighted by Crippen LogP contribution is -2.40. The summed E-state index contributed by atoms with van der Waals surface area (Å²) >= 11 is 1.59. The van der Waals surface area contributed by atoms with Gasteiger partial charge in [0.2, 0.25) is 10.0 Å². The molecule has 0 atom stereocenters. The standard InChI is InChI=1S/C24H33N7O4S2/c1-4-9-25-21-20-16-27-31(22(20)29-24(28-21)36-17(2)3)11-10-26-23(32)18-5-7-19(8-6-18)37(33,34)30-12-14-35-15-13-30/h5-8,16-17H,4,9-15H2,1-3H3,(H,26,32)(H,25,28,29). The normalized spacial score (nSPS) is 14.8. The number of hydrogen-bond donors (Lipinski definition) is 2. The molecule has 1 aromatic carbocycles. The number of anilines is 1. The van der Waals surface area contributed by atoms with Gasteiger partial charge in [0.25, 0.3) is 5.91 Å². The van der Waals surface area contributed by atoms with Crippen LogP contribution in [0.25, 0.3) is 11.0 Å². The molecule has 2 aromatic heterocycles. The van der Waals surface area contributed by atoms with Crippen LogP contribution in [0.4, 0.5) is 5.82 Å². The molecule has 1 aliphatic heterocycles. The van der Waals surface area contributed by atoms with E-state index in [2.05, 4.69) is 41.5 Å². The van der Waals surface area contributed by atoms with Gasteiger partial charge in [0, 0.05) is 37.0 Å². The van der Waals surface area contributed by atoms with E-state index in [0.29, 0.717) is 61.0 Å². The van der Waals surface area contributed by atoms with Crippen LogP contribution in [0.5, 0.6) is 0 Å². The van der Waals surface area contributed by atoms with Crippen LogP contribution < -0.4 is 10.6 Å². The van der Waals surface area contributed by atoms with Crippen LogP contribution in [0.1, 0.15) is 37.6 Å². The van der Waals surface area contributed by atoms with Gasteiger partial charge in [-0.2, -0.15) is 9.40 Å². The molecule has 11 nitrogen and oxygen atoms in total. The fourth-order valence-corrected chi connectivity index (χ4v) is 5.95. The Morgan fingerprint density at radius 2 is 1.86 bits per heavy atom. The van der Waals surface area contributed by atoms with Gasteiger partial charge >= 0.3 is 0 Å². The molecule has 3 aromatic rings. The smallest absolute Gasteiger partial charge is 0.251 e. The summed E-state index contributed by atoms with van der Waals surface area (Å²) in [5.74, 6) is 0.472. The molecule has 1 saturated heterocycles. The van der Waals surface area contributed by atoms with Gasteiger partial charge in [0.15, 0.2) is 10.8 Å². The summed E-state index contributed by atoms with van der Waals surface area (Å²) < 4.78 is 34.0. The van der Waals surface area contributed by atoms with E-state index in [9.17, 15) is 13.2 Å². The van der Waals surface area contributed by atoms with E-state index in [1.165, 1.54) is 28.6 Å². The van der Waals surface area contributed by atoms with Gasteiger partial charge in [-0.1, -0.05) is 32.5 Å². The largest absolute Gasteiger partial charge is 0.379 e. The summed E-state index contributed by atoms with van der Waals surface area (Å²) in [5.41, 5.74) is 1.10. The van der Waals surface area contributed by atoms with Gasteiger partial charge in [0.1, 0.15) is 5.82 Å². The Morgan fingerprint density at radius 3 is 2.54 bits per heavy atom. The maximum Gasteiger partial charge on any atom is 0.251 e. The van der Waals surface area contributed by atoms with E-state index < -0.39 is 10.0 Å². The van der Waals surface area contributed by atoms with E-state index >= 15 is 0 Å². The first-order chi connectivity index (χ1) is 17.8. The maximum absolute atomic E-state index is 12.8. The lowest BCUT2D eigenvalue weighted by molar-refractivity contribution is 0.0730. The number of nitrogens with one attached hydrogen (secondary N) is 2. The van der Waals surface area contributed by atoms with Crippen LogP contribution in [0.15, 0.2) is 40.5 Å². The number of morpholine rings is 1. The molecule has 13 heteroatoms. The SMILES string of the molecule is CCCNc1nc(SC(C)C)nc2c1cnn2CCNC(=O)c1ccc(S(=O)(=O)N2CCOCC2)cc1. The molecule has 1 amide bonds. The molecule has 1 fully saturated rings. The van der Waals surface area contributed by atoms with Crippen LogP contribution in [-0.2, 0) is 21.3 Å². The Morgan fingerprint density at radius 1 is 1.14 bits per heavy atom. The quantitative estimate of drug-likeness (QED) is 0.275. The number of benzene rings is 1. The number of rotatable bonds is 11. The molecule has 2 N–H and O–H groups in total. The summed E-state index contributed by atoms with van der Waals surface area (Å²) in [5, 5.41) is 12.6. The first-order valence-electron chi connectivity index (χ1n) is 12.4. The van der Waals surface area contributed by atoms with Crippen molar-refractivity contribution in [1.82, 2.24) is 29.4 Å². The third-order valence-corrected chi connectivity index (χ3v) is 8.47. The molecule has 4 rings (SSSR count). The van der Waals surface area contributed by atoms with Gasteiger partial charge in [-0.25, -0.2) is 23.1 Å². The predicted molar refractivity (Wildman–Crippen MR) is 143 cm³/mol. The van der Waals surface area contributed by atoms with Crippen LogP contribution in [0.2, 0.25) is 0 Å². The second-order valence-electron chi connectivity index (χ2n) is 8.85. The zero-order chi connectivity index (χ0) is 26.4. The highest BCUT2D eigenvalue weighted by Gasteiger charge is 2.26. The Hall–Kier alpha value is -2.74. The minimum atomic E-state index is -3.60. The Bertz CT molecular complexity index is 1320. The lowest BCUT2D eigenvalue weighted by Gasteiger charge is -2.26. The molecule has 0 spiro atoms. The van der Waals surface area contributed by atoms with Gasteiger partial charge < -0.3 is 15.4 Å². The fourth-order valence-electron chi connectivity index (χ4n) is 3.83. The van der Waals surface area contributed by atoms with Crippen molar-refractivity contribution in [3.8, 4) is 0 Å². The van der Waals surface area contributed by atoms with Crippen molar-refractivity contribution >= 4 is 44.5 Å². The van der Waals surface area contributed by atoms with Gasteiger partial charge in [0.05, 0.1) is 36.2 Å². The molecule has 0 bridgehead atoms. The van der Waals surface area contributed by atoms with Crippen LogP contribution >= 0.6 is 11.8 Å². The molecule has 200 valence electrons. The highest BCUT2D eigenvalue weighted by molar-refractivity contribution is 7.99. The average molecular weight is 548 g/mol. The Labute approximate surface area is 221 Å². The van der Waals surface area contributed by atoms with Crippen molar-refractivity contribution in [3.63, 3.8) is 0 Å². The van der Waals surface area contributed by atoms with Crippen molar-refractivity contribution in [1.29, 1.82) is 0 Å². The minimum Gasteiger partial charge on any atom is -0.379 e. The summed E-state index contributed by atoms with van der Waals surface area (Å²) in [7, 11) is -3.60. The number of nitrogens with zero attached hydrogens (tertiary/aromatic N) is 5. The molecule has 0 saturated carbocycles. The number of ether oxygens (including phenoxy) is 1. The first-order valence-corrected chi connectivity index (χ1v) is 14.7. The van der Waals surface area contributed by atoms with Gasteiger partial charge in [-0.3, -0.25) is 4.79 Å². The number of amides is 1. The summed E-state index contributed by atoms with van der Waals surface area (Å²) in [4.78, 5) is 22.2. The molecule has 0 radical (unpaired) electrons. The Balaban J connectivity index is 1.41. The minimum absolute atomic E-state index is 0.163. The van der Waals surface area contributed by atoms with E-state index in [1.54, 1.807) is 22.6 Å². The highest BCUT2D eigenvalue weighted by Crippen LogP contribution is 2.26. The fraction of sp³-hybridized carbons (Fsp3) is 0.500. The summed E-state index contributed by atoms with van der Waals surface area (Å²) in [6.07, 6.45) is 2.71. The Kier molecular flexibility index (Phi) is 9.00. The van der Waals surface area contributed by atoms with Gasteiger partial charge in [-0.15, -0.1) is 0 Å². The van der Waals surface area contributed by atoms with Crippen molar-refractivity contribution in [3.05, 3.63) is 36.0 Å². The maximum atomic E-state index is 12.8. The second kappa shape index (κ2) is 12.2. The number of thioether (sulfide) groups is 1. The number of hydrogen-bond acceptors (Lipinski definition) is 9. The summed E-state index contributed by atoms with van der Waals surface area (Å²) in [6, 6.07) is 5.99. The van der Waals surface area contributed by atoms with Gasteiger partial charge in [-0.05, 0) is 30.7 Å². The van der Waals surface area contributed by atoms with Crippen molar-refractivity contribution in [2.75, 3.05) is 44.7 Å². The van der Waals surface area contributed by atoms with E-state index in [-0.39, 0.29) is 10.8 Å². The topological polar surface area (TPSA) is 131 Å². The molecule has 0 unspecified atom stereocenters. The number of aromatic nitrogens is 4. The molecule has 0 aliphatic carbocycles. The molecular formula is C24H33N7O4S2. The number of carbonyl (C=O) groups is 1. The second-order valence-corrected chi connectivity index (χ2v) is 12.3. The molecule has 3 heterocycles. The third-order valence-electron chi connectivity index (χ3n) is 5.69. The number of sulfonamides is 1. The molecule has 37 heavy (non-hydrogen) atoms.